The van der Waals surface area contributed by atoms with Crippen LogP contribution in [0.1, 0.15) is 26.3 Å². The van der Waals surface area contributed by atoms with Gasteiger partial charge in [-0.3, -0.25) is 0 Å². The summed E-state index contributed by atoms with van der Waals surface area (Å²) in [5, 5.41) is 7.14. The van der Waals surface area contributed by atoms with Crippen LogP contribution in [-0.4, -0.2) is 11.7 Å². The lowest BCUT2D eigenvalue weighted by atomic mass is 10.1. The van der Waals surface area contributed by atoms with Crippen LogP contribution >= 0.6 is 12.2 Å². The van der Waals surface area contributed by atoms with E-state index in [0.717, 1.165) is 18.7 Å². The largest absolute Gasteiger partial charge is 0.362 e. The van der Waals surface area contributed by atoms with Crippen LogP contribution in [0, 0.1) is 5.92 Å². The van der Waals surface area contributed by atoms with Gasteiger partial charge in [-0.25, -0.2) is 0 Å². The van der Waals surface area contributed by atoms with Crippen molar-refractivity contribution in [1.82, 2.24) is 5.32 Å². The number of nitrogens with one attached hydrogen (secondary N) is 2. The van der Waals surface area contributed by atoms with Crippen molar-refractivity contribution < 1.29 is 0 Å². The zero-order chi connectivity index (χ0) is 12.0. The van der Waals surface area contributed by atoms with E-state index in [1.54, 1.807) is 0 Å². The maximum Gasteiger partial charge on any atom is 0.170 e. The minimum atomic E-state index is 0.598. The first kappa shape index (κ1) is 13.0. The summed E-state index contributed by atoms with van der Waals surface area (Å²) < 4.78 is 0. The lowest BCUT2D eigenvalue weighted by molar-refractivity contribution is 0.627. The number of hydrogen-bond donors (Lipinski definition) is 2. The molecule has 0 aliphatic carbocycles. The van der Waals surface area contributed by atoms with Crippen molar-refractivity contribution in [3.63, 3.8) is 0 Å². The molecule has 0 spiro atoms. The summed E-state index contributed by atoms with van der Waals surface area (Å²) in [6.07, 6.45) is 1.01. The molecule has 0 aliphatic heterocycles. The number of para-hydroxylation sites is 1. The molecule has 0 aliphatic rings. The minimum Gasteiger partial charge on any atom is -0.362 e. The lowest BCUT2D eigenvalue weighted by Gasteiger charge is -2.14. The van der Waals surface area contributed by atoms with Gasteiger partial charge in [-0.1, -0.05) is 39.0 Å². The first-order valence-corrected chi connectivity index (χ1v) is 6.17. The van der Waals surface area contributed by atoms with Gasteiger partial charge in [0.15, 0.2) is 5.11 Å². The number of rotatable bonds is 4. The second-order valence-corrected chi connectivity index (χ2v) is 4.65. The SMILES string of the molecule is CCc1ccccc1NC(=S)NCC(C)C. The Balaban J connectivity index is 2.55. The zero-order valence-corrected chi connectivity index (χ0v) is 11.0. The summed E-state index contributed by atoms with van der Waals surface area (Å²) in [5.41, 5.74) is 2.39. The lowest BCUT2D eigenvalue weighted by Crippen LogP contribution is -2.31. The Hall–Kier alpha value is -1.09. The second-order valence-electron chi connectivity index (χ2n) is 4.24. The Kier molecular flexibility index (Phi) is 5.26. The Bertz CT molecular complexity index is 348. The molecular formula is C13H20N2S. The molecule has 0 radical (unpaired) electrons. The average molecular weight is 236 g/mol. The summed E-state index contributed by atoms with van der Waals surface area (Å²) in [7, 11) is 0. The van der Waals surface area contributed by atoms with Crippen LogP contribution < -0.4 is 10.6 Å². The van der Waals surface area contributed by atoms with Crippen LogP contribution in [0.4, 0.5) is 5.69 Å². The van der Waals surface area contributed by atoms with E-state index in [2.05, 4.69) is 49.6 Å². The van der Waals surface area contributed by atoms with Gasteiger partial charge in [-0.15, -0.1) is 0 Å². The van der Waals surface area contributed by atoms with E-state index in [1.807, 2.05) is 6.07 Å². The molecule has 0 atom stereocenters. The van der Waals surface area contributed by atoms with Gasteiger partial charge >= 0.3 is 0 Å². The fraction of sp³-hybridized carbons (Fsp3) is 0.462. The summed E-state index contributed by atoms with van der Waals surface area (Å²) in [6, 6.07) is 8.25. The standard InChI is InChI=1S/C13H20N2S/c1-4-11-7-5-6-8-12(11)15-13(16)14-9-10(2)3/h5-8,10H,4,9H2,1-3H3,(H2,14,15,16). The highest BCUT2D eigenvalue weighted by atomic mass is 32.1. The zero-order valence-electron chi connectivity index (χ0n) is 10.2. The van der Waals surface area contributed by atoms with E-state index in [0.29, 0.717) is 11.0 Å². The molecule has 1 aromatic carbocycles. The third-order valence-corrected chi connectivity index (χ3v) is 2.56. The Morgan fingerprint density at radius 2 is 2.00 bits per heavy atom. The molecule has 0 unspecified atom stereocenters. The highest BCUT2D eigenvalue weighted by Gasteiger charge is 2.02. The first-order valence-electron chi connectivity index (χ1n) is 5.76. The van der Waals surface area contributed by atoms with Crippen LogP contribution in [0.2, 0.25) is 0 Å². The molecule has 0 aromatic heterocycles. The van der Waals surface area contributed by atoms with E-state index >= 15 is 0 Å². The van der Waals surface area contributed by atoms with Crippen molar-refractivity contribution in [3.05, 3.63) is 29.8 Å². The molecule has 0 saturated carbocycles. The molecule has 1 aromatic rings. The molecule has 0 bridgehead atoms. The number of aryl methyl sites for hydroxylation is 1. The van der Waals surface area contributed by atoms with Gasteiger partial charge in [0.05, 0.1) is 0 Å². The Morgan fingerprint density at radius 1 is 1.31 bits per heavy atom. The summed E-state index contributed by atoms with van der Waals surface area (Å²) in [4.78, 5) is 0. The predicted molar refractivity (Wildman–Crippen MR) is 74.9 cm³/mol. The van der Waals surface area contributed by atoms with Crippen LogP contribution in [0.15, 0.2) is 24.3 Å². The van der Waals surface area contributed by atoms with E-state index in [-0.39, 0.29) is 0 Å². The fourth-order valence-electron chi connectivity index (χ4n) is 1.41. The fourth-order valence-corrected chi connectivity index (χ4v) is 1.61. The topological polar surface area (TPSA) is 24.1 Å². The van der Waals surface area contributed by atoms with Crippen molar-refractivity contribution in [2.45, 2.75) is 27.2 Å². The molecule has 2 nitrogen and oxygen atoms in total. The van der Waals surface area contributed by atoms with Crippen LogP contribution in [-0.2, 0) is 6.42 Å². The van der Waals surface area contributed by atoms with E-state index in [9.17, 15) is 0 Å². The molecule has 0 saturated heterocycles. The summed E-state index contributed by atoms with van der Waals surface area (Å²) >= 11 is 5.24. The molecule has 3 heteroatoms. The molecule has 1 rings (SSSR count). The minimum absolute atomic E-state index is 0.598. The summed E-state index contributed by atoms with van der Waals surface area (Å²) in [6.45, 7) is 7.37. The molecule has 0 fully saturated rings. The van der Waals surface area contributed by atoms with Crippen molar-refractivity contribution in [2.75, 3.05) is 11.9 Å². The monoisotopic (exact) mass is 236 g/mol. The van der Waals surface area contributed by atoms with Crippen LogP contribution in [0.3, 0.4) is 0 Å². The van der Waals surface area contributed by atoms with Gasteiger partial charge in [-0.2, -0.15) is 0 Å². The number of hydrogen-bond acceptors (Lipinski definition) is 1. The van der Waals surface area contributed by atoms with Gasteiger partial charge < -0.3 is 10.6 Å². The normalized spacial score (nSPS) is 10.2. The van der Waals surface area contributed by atoms with Gasteiger partial charge in [0.1, 0.15) is 0 Å². The van der Waals surface area contributed by atoms with E-state index in [1.165, 1.54) is 5.56 Å². The van der Waals surface area contributed by atoms with Gasteiger partial charge in [0.2, 0.25) is 0 Å². The molecule has 16 heavy (non-hydrogen) atoms. The van der Waals surface area contributed by atoms with Crippen molar-refractivity contribution >= 4 is 23.0 Å². The highest BCUT2D eigenvalue weighted by molar-refractivity contribution is 7.80. The summed E-state index contributed by atoms with van der Waals surface area (Å²) in [5.74, 6) is 0.598. The van der Waals surface area contributed by atoms with Crippen molar-refractivity contribution in [3.8, 4) is 0 Å². The maximum absolute atomic E-state index is 5.24. The Morgan fingerprint density at radius 3 is 2.62 bits per heavy atom. The molecular weight excluding hydrogens is 216 g/mol. The van der Waals surface area contributed by atoms with E-state index < -0.39 is 0 Å². The molecule has 0 heterocycles. The smallest absolute Gasteiger partial charge is 0.170 e. The molecule has 0 amide bonds. The van der Waals surface area contributed by atoms with Gasteiger partial charge in [0, 0.05) is 12.2 Å². The molecule has 2 N–H and O–H groups in total. The predicted octanol–water partition coefficient (Wildman–Crippen LogP) is 3.19. The first-order chi connectivity index (χ1) is 7.63. The second kappa shape index (κ2) is 6.48. The number of anilines is 1. The van der Waals surface area contributed by atoms with Crippen LogP contribution in [0.5, 0.6) is 0 Å². The third-order valence-electron chi connectivity index (χ3n) is 2.32. The van der Waals surface area contributed by atoms with E-state index in [4.69, 9.17) is 12.2 Å². The van der Waals surface area contributed by atoms with Crippen molar-refractivity contribution in [1.29, 1.82) is 0 Å². The van der Waals surface area contributed by atoms with Crippen LogP contribution in [0.25, 0.3) is 0 Å². The number of thiocarbonyl (C=S) groups is 1. The maximum atomic E-state index is 5.24. The average Bonchev–Trinajstić information content (AvgIpc) is 2.27. The Labute approximate surface area is 103 Å². The van der Waals surface area contributed by atoms with Gasteiger partial charge in [0.25, 0.3) is 0 Å². The quantitative estimate of drug-likeness (QED) is 0.785. The third kappa shape index (κ3) is 4.19. The highest BCUT2D eigenvalue weighted by Crippen LogP contribution is 2.15. The van der Waals surface area contributed by atoms with Crippen molar-refractivity contribution in [2.24, 2.45) is 5.92 Å². The molecule has 88 valence electrons. The van der Waals surface area contributed by atoms with Gasteiger partial charge in [-0.05, 0) is 36.2 Å². The number of benzene rings is 1.